The van der Waals surface area contributed by atoms with Gasteiger partial charge in [-0.25, -0.2) is 41.9 Å². The second-order valence-electron chi connectivity index (χ2n) is 16.3. The van der Waals surface area contributed by atoms with Gasteiger partial charge in [-0.1, -0.05) is 34.8 Å². The minimum absolute atomic E-state index is 0.0182. The fourth-order valence-electron chi connectivity index (χ4n) is 6.86. The van der Waals surface area contributed by atoms with Crippen LogP contribution >= 0.6 is 34.8 Å². The Kier molecular flexibility index (Phi) is 18.5. The molecule has 2 aliphatic carbocycles. The average molecular weight is 935 g/mol. The molecule has 6 aromatic rings. The van der Waals surface area contributed by atoms with Crippen molar-refractivity contribution < 1.29 is 17.6 Å². The number of aromatic nitrogens is 9. The van der Waals surface area contributed by atoms with E-state index in [2.05, 4.69) is 40.7 Å². The SMILES string of the molecule is Cc1cc(C)[nH]n1.Cc1cc(Cl)nc(-n2nc(C)cc2C)c1.Cc1cc(Cl)nc(Cl)c1.Cc1cc(NC2CCC(F)(F)CC2)nc(-n2nc(C)cc2C)c1.NC1CCC(F)(F)CC1. The van der Waals surface area contributed by atoms with Gasteiger partial charge in [-0.3, -0.25) is 5.10 Å². The number of hydrogen-bond donors (Lipinski definition) is 3. The first kappa shape index (κ1) is 51.1. The van der Waals surface area contributed by atoms with Crippen LogP contribution in [0.5, 0.6) is 0 Å². The van der Waals surface area contributed by atoms with Crippen LogP contribution in [0.3, 0.4) is 0 Å². The first-order chi connectivity index (χ1) is 29.5. The molecule has 0 amide bonds. The van der Waals surface area contributed by atoms with E-state index in [4.69, 9.17) is 40.5 Å². The van der Waals surface area contributed by atoms with Crippen LogP contribution in [0.15, 0.2) is 54.6 Å². The Morgan fingerprint density at radius 1 is 0.571 bits per heavy atom. The third-order valence-electron chi connectivity index (χ3n) is 9.91. The van der Waals surface area contributed by atoms with Gasteiger partial charge in [-0.2, -0.15) is 15.3 Å². The number of pyridine rings is 3. The number of hydrogen-bond acceptors (Lipinski definition) is 8. The summed E-state index contributed by atoms with van der Waals surface area (Å²) < 4.78 is 54.8. The largest absolute Gasteiger partial charge is 0.367 e. The topological polar surface area (TPSA) is 141 Å². The van der Waals surface area contributed by atoms with Gasteiger partial charge < -0.3 is 11.1 Å². The fraction of sp³-hybridized carbons (Fsp3) is 0.467. The lowest BCUT2D eigenvalue weighted by Gasteiger charge is -2.29. The molecule has 0 saturated heterocycles. The van der Waals surface area contributed by atoms with Gasteiger partial charge >= 0.3 is 0 Å². The van der Waals surface area contributed by atoms with E-state index in [1.807, 2.05) is 109 Å². The van der Waals surface area contributed by atoms with Crippen LogP contribution in [0.4, 0.5) is 23.4 Å². The predicted molar refractivity (Wildman–Crippen MR) is 245 cm³/mol. The van der Waals surface area contributed by atoms with Crippen molar-refractivity contribution in [1.82, 2.24) is 44.7 Å². The molecule has 342 valence electrons. The average Bonchev–Trinajstić information content (AvgIpc) is 3.85. The van der Waals surface area contributed by atoms with Gasteiger partial charge in [0, 0.05) is 54.8 Å². The Morgan fingerprint density at radius 3 is 1.37 bits per heavy atom. The molecule has 6 heterocycles. The van der Waals surface area contributed by atoms with E-state index in [0.717, 1.165) is 68.3 Å². The Morgan fingerprint density at radius 2 is 1.00 bits per heavy atom. The van der Waals surface area contributed by atoms with Gasteiger partial charge in [0.25, 0.3) is 0 Å². The lowest BCUT2D eigenvalue weighted by atomic mass is 9.92. The summed E-state index contributed by atoms with van der Waals surface area (Å²) >= 11 is 17.0. The number of nitrogens with zero attached hydrogens (tertiary/aromatic N) is 8. The second kappa shape index (κ2) is 22.9. The summed E-state index contributed by atoms with van der Waals surface area (Å²) in [5, 5.41) is 20.2. The highest BCUT2D eigenvalue weighted by Gasteiger charge is 2.35. The molecule has 2 fully saturated rings. The Bertz CT molecular complexity index is 2290. The van der Waals surface area contributed by atoms with Crippen LogP contribution in [0.2, 0.25) is 15.5 Å². The molecule has 63 heavy (non-hydrogen) atoms. The summed E-state index contributed by atoms with van der Waals surface area (Å²) in [5.41, 5.74) is 14.8. The van der Waals surface area contributed by atoms with Crippen molar-refractivity contribution in [1.29, 1.82) is 0 Å². The Hall–Kier alpha value is -4.57. The third kappa shape index (κ3) is 17.5. The quantitative estimate of drug-likeness (QED) is 0.117. The summed E-state index contributed by atoms with van der Waals surface area (Å²) in [6, 6.07) is 17.3. The minimum atomic E-state index is -2.51. The Labute approximate surface area is 382 Å². The molecule has 0 radical (unpaired) electrons. The first-order valence-corrected chi connectivity index (χ1v) is 21.9. The molecule has 4 N–H and O–H groups in total. The van der Waals surface area contributed by atoms with Gasteiger partial charge in [-0.05, 0) is 159 Å². The van der Waals surface area contributed by atoms with E-state index >= 15 is 0 Å². The maximum atomic E-state index is 13.3. The van der Waals surface area contributed by atoms with Crippen molar-refractivity contribution in [3.63, 3.8) is 0 Å². The van der Waals surface area contributed by atoms with Crippen molar-refractivity contribution in [2.45, 2.75) is 138 Å². The number of halogens is 7. The van der Waals surface area contributed by atoms with E-state index in [0.29, 0.717) is 41.1 Å². The van der Waals surface area contributed by atoms with E-state index < -0.39 is 11.8 Å². The zero-order chi connectivity index (χ0) is 46.6. The normalized spacial score (nSPS) is 15.6. The van der Waals surface area contributed by atoms with Gasteiger partial charge in [-0.15, -0.1) is 0 Å². The van der Waals surface area contributed by atoms with Crippen LogP contribution in [0.25, 0.3) is 11.6 Å². The van der Waals surface area contributed by atoms with Crippen LogP contribution in [-0.4, -0.2) is 68.6 Å². The molecule has 11 nitrogen and oxygen atoms in total. The van der Waals surface area contributed by atoms with Gasteiger partial charge in [0.15, 0.2) is 11.6 Å². The number of aromatic amines is 1. The first-order valence-electron chi connectivity index (χ1n) is 20.7. The van der Waals surface area contributed by atoms with Gasteiger partial charge in [0.1, 0.15) is 21.3 Å². The minimum Gasteiger partial charge on any atom is -0.367 e. The summed E-state index contributed by atoms with van der Waals surface area (Å²) in [7, 11) is 0. The molecule has 0 spiro atoms. The van der Waals surface area contributed by atoms with Crippen LogP contribution in [0, 0.1) is 62.3 Å². The van der Waals surface area contributed by atoms with Gasteiger partial charge in [0.2, 0.25) is 11.8 Å². The van der Waals surface area contributed by atoms with Crippen molar-refractivity contribution in [2.24, 2.45) is 5.73 Å². The molecule has 0 aliphatic heterocycles. The highest BCUT2D eigenvalue weighted by atomic mass is 35.5. The number of rotatable bonds is 4. The summed E-state index contributed by atoms with van der Waals surface area (Å²) in [5.74, 6) is -2.68. The van der Waals surface area contributed by atoms with Gasteiger partial charge in [0.05, 0.1) is 17.1 Å². The second-order valence-corrected chi connectivity index (χ2v) is 17.5. The molecule has 8 rings (SSSR count). The smallest absolute Gasteiger partial charge is 0.248 e. The lowest BCUT2D eigenvalue weighted by Crippen LogP contribution is -2.32. The van der Waals surface area contributed by atoms with Crippen molar-refractivity contribution in [3.05, 3.63) is 121 Å². The monoisotopic (exact) mass is 933 g/mol. The maximum Gasteiger partial charge on any atom is 0.248 e. The summed E-state index contributed by atoms with van der Waals surface area (Å²) in [6.07, 6.45) is 1.75. The highest BCUT2D eigenvalue weighted by molar-refractivity contribution is 6.32. The zero-order valence-electron chi connectivity index (χ0n) is 37.3. The molecule has 2 saturated carbocycles. The summed E-state index contributed by atoms with van der Waals surface area (Å²) in [4.78, 5) is 12.6. The maximum absolute atomic E-state index is 13.3. The highest BCUT2D eigenvalue weighted by Crippen LogP contribution is 2.34. The van der Waals surface area contributed by atoms with E-state index in [-0.39, 0.29) is 37.8 Å². The molecule has 18 heteroatoms. The van der Waals surface area contributed by atoms with E-state index in [1.54, 1.807) is 16.8 Å². The van der Waals surface area contributed by atoms with Crippen LogP contribution < -0.4 is 11.1 Å². The molecule has 0 atom stereocenters. The molecular formula is C45H58Cl3F4N11. The lowest BCUT2D eigenvalue weighted by molar-refractivity contribution is -0.0377. The molecular weight excluding hydrogens is 877 g/mol. The van der Waals surface area contributed by atoms with Crippen molar-refractivity contribution in [3.8, 4) is 11.6 Å². The number of alkyl halides is 4. The molecule has 0 bridgehead atoms. The number of aryl methyl sites for hydroxylation is 9. The van der Waals surface area contributed by atoms with Crippen molar-refractivity contribution in [2.75, 3.05) is 5.32 Å². The fourth-order valence-corrected chi connectivity index (χ4v) is 7.69. The van der Waals surface area contributed by atoms with E-state index in [9.17, 15) is 17.6 Å². The predicted octanol–water partition coefficient (Wildman–Crippen LogP) is 12.3. The third-order valence-corrected chi connectivity index (χ3v) is 10.5. The summed E-state index contributed by atoms with van der Waals surface area (Å²) in [6.45, 7) is 17.7. The number of nitrogens with one attached hydrogen (secondary N) is 2. The zero-order valence-corrected chi connectivity index (χ0v) is 39.6. The van der Waals surface area contributed by atoms with E-state index in [1.165, 1.54) is 0 Å². The Balaban J connectivity index is 0.000000187. The van der Waals surface area contributed by atoms with Crippen molar-refractivity contribution >= 4 is 40.6 Å². The molecule has 6 aromatic heterocycles. The molecule has 0 unspecified atom stereocenters. The van der Waals surface area contributed by atoms with Crippen LogP contribution in [0.1, 0.15) is 102 Å². The standard InChI is InChI=1S/C17H22F2N4.C11H12ClN3.C6H5Cl2N.C6H11F2N.C5H8N2/c1-11-8-15(20-14-4-6-17(18,19)7-5-14)21-16(9-11)23-13(3)10-12(2)22-23;1-7-4-10(12)13-11(5-7)15-9(3)6-8(2)14-15;1-4-2-5(7)9-6(8)3-4;7-6(8)3-1-5(9)2-4-6;1-4-3-5(2)7-6-4/h8-10,14H,4-7H2,1-3H3,(H,20,21);4-6H,1-3H3;2-3H,1H3;5H,1-4,9H2;3H,1-2H3,(H,6,7). The van der Waals surface area contributed by atoms with Crippen LogP contribution in [-0.2, 0) is 0 Å². The molecule has 2 aliphatic rings. The number of H-pyrrole nitrogens is 1. The number of nitrogens with two attached hydrogens (primary N) is 1. The number of anilines is 1. The molecule has 0 aromatic carbocycles.